The Morgan fingerprint density at radius 2 is 1.83 bits per heavy atom. The average molecular weight is 293 g/mol. The van der Waals surface area contributed by atoms with Crippen LogP contribution in [0.2, 0.25) is 5.02 Å². The molecule has 1 N–H and O–H groups in total. The second-order valence-corrected chi connectivity index (χ2v) is 5.99. The number of aromatic nitrogens is 1. The molecule has 0 saturated heterocycles. The third-order valence-corrected chi connectivity index (χ3v) is 4.50. The van der Waals surface area contributed by atoms with Crippen molar-refractivity contribution in [3.8, 4) is 0 Å². The highest BCUT2D eigenvalue weighted by Gasteiger charge is 2.02. The molecule has 0 spiro atoms. The zero-order valence-electron chi connectivity index (χ0n) is 9.26. The van der Waals surface area contributed by atoms with Crippen molar-refractivity contribution in [2.45, 2.75) is 4.90 Å². The van der Waals surface area contributed by atoms with Crippen molar-refractivity contribution >= 4 is 50.2 Å². The Balaban J connectivity index is 1.74. The molecule has 0 fully saturated rings. The molecule has 90 valence electrons. The van der Waals surface area contributed by atoms with E-state index in [2.05, 4.69) is 15.8 Å². The minimum atomic E-state index is 0.749. The summed E-state index contributed by atoms with van der Waals surface area (Å²) < 4.78 is 4.44. The number of thiazole rings is 1. The van der Waals surface area contributed by atoms with E-state index in [9.17, 15) is 0 Å². The minimum absolute atomic E-state index is 0.749. The molecule has 0 atom stereocenters. The van der Waals surface area contributed by atoms with E-state index in [1.54, 1.807) is 11.3 Å². The standard InChI is InChI=1S/C13H9ClN2S2/c14-9-5-7-10(8-6-9)18-16-13-15-11-3-1-2-4-12(11)17-13/h1-8H,(H,15,16). The van der Waals surface area contributed by atoms with Gasteiger partial charge in [0.15, 0.2) is 5.13 Å². The number of hydrogen-bond donors (Lipinski definition) is 1. The van der Waals surface area contributed by atoms with Gasteiger partial charge in [0, 0.05) is 9.92 Å². The average Bonchev–Trinajstić information content (AvgIpc) is 2.81. The molecule has 0 aliphatic heterocycles. The van der Waals surface area contributed by atoms with Crippen molar-refractivity contribution in [1.29, 1.82) is 0 Å². The van der Waals surface area contributed by atoms with Crippen LogP contribution in [0, 0.1) is 0 Å². The summed E-state index contributed by atoms with van der Waals surface area (Å²) in [6.07, 6.45) is 0. The quantitative estimate of drug-likeness (QED) is 0.682. The number of halogens is 1. The third-order valence-electron chi connectivity index (χ3n) is 2.36. The van der Waals surface area contributed by atoms with Gasteiger partial charge >= 0.3 is 0 Å². The summed E-state index contributed by atoms with van der Waals surface area (Å²) in [6, 6.07) is 15.8. The van der Waals surface area contributed by atoms with Gasteiger partial charge in [-0.15, -0.1) is 0 Å². The first-order valence-electron chi connectivity index (χ1n) is 5.35. The number of nitrogens with one attached hydrogen (secondary N) is 1. The highest BCUT2D eigenvalue weighted by atomic mass is 35.5. The minimum Gasteiger partial charge on any atom is -0.301 e. The van der Waals surface area contributed by atoms with E-state index in [0.29, 0.717) is 0 Å². The highest BCUT2D eigenvalue weighted by molar-refractivity contribution is 8.00. The maximum absolute atomic E-state index is 5.84. The molecular weight excluding hydrogens is 284 g/mol. The molecule has 0 aliphatic rings. The van der Waals surface area contributed by atoms with E-state index in [-0.39, 0.29) is 0 Å². The largest absolute Gasteiger partial charge is 0.301 e. The summed E-state index contributed by atoms with van der Waals surface area (Å²) >= 11 is 9.03. The van der Waals surface area contributed by atoms with Crippen molar-refractivity contribution in [3.05, 3.63) is 53.6 Å². The van der Waals surface area contributed by atoms with Crippen LogP contribution in [0.5, 0.6) is 0 Å². The second kappa shape index (κ2) is 5.18. The molecule has 1 heterocycles. The molecule has 1 aromatic heterocycles. The molecule has 0 bridgehead atoms. The predicted molar refractivity (Wildman–Crippen MR) is 80.6 cm³/mol. The third kappa shape index (κ3) is 2.61. The molecule has 0 radical (unpaired) electrons. The van der Waals surface area contributed by atoms with Gasteiger partial charge in [0.1, 0.15) is 0 Å². The Kier molecular flexibility index (Phi) is 3.41. The number of hydrogen-bond acceptors (Lipinski definition) is 4. The summed E-state index contributed by atoms with van der Waals surface area (Å²) in [5, 5.41) is 1.66. The Bertz CT molecular complexity index is 631. The Morgan fingerprint density at radius 1 is 1.06 bits per heavy atom. The normalized spacial score (nSPS) is 10.7. The van der Waals surface area contributed by atoms with Gasteiger partial charge < -0.3 is 4.72 Å². The van der Waals surface area contributed by atoms with Crippen LogP contribution in [0.4, 0.5) is 5.13 Å². The molecule has 0 aliphatic carbocycles. The van der Waals surface area contributed by atoms with Crippen LogP contribution in [-0.2, 0) is 0 Å². The number of rotatable bonds is 3. The van der Waals surface area contributed by atoms with Crippen LogP contribution in [0.3, 0.4) is 0 Å². The summed E-state index contributed by atoms with van der Waals surface area (Å²) in [5.74, 6) is 0. The fraction of sp³-hybridized carbons (Fsp3) is 0. The zero-order chi connectivity index (χ0) is 12.4. The number of fused-ring (bicyclic) bond motifs is 1. The number of para-hydroxylation sites is 1. The van der Waals surface area contributed by atoms with E-state index >= 15 is 0 Å². The molecule has 3 aromatic rings. The van der Waals surface area contributed by atoms with Gasteiger partial charge in [0.2, 0.25) is 0 Å². The van der Waals surface area contributed by atoms with Crippen LogP contribution >= 0.6 is 34.9 Å². The number of nitrogens with zero attached hydrogens (tertiary/aromatic N) is 1. The number of anilines is 1. The fourth-order valence-electron chi connectivity index (χ4n) is 1.52. The van der Waals surface area contributed by atoms with Crippen LogP contribution in [-0.4, -0.2) is 4.98 Å². The molecule has 5 heteroatoms. The topological polar surface area (TPSA) is 24.9 Å². The first-order chi connectivity index (χ1) is 8.81. The first kappa shape index (κ1) is 11.8. The van der Waals surface area contributed by atoms with E-state index in [1.165, 1.54) is 16.6 Å². The van der Waals surface area contributed by atoms with E-state index in [0.717, 1.165) is 20.6 Å². The van der Waals surface area contributed by atoms with Gasteiger partial charge in [-0.25, -0.2) is 4.98 Å². The van der Waals surface area contributed by atoms with Crippen molar-refractivity contribution in [2.75, 3.05) is 4.72 Å². The lowest BCUT2D eigenvalue weighted by Crippen LogP contribution is -1.84. The molecule has 2 aromatic carbocycles. The van der Waals surface area contributed by atoms with E-state index < -0.39 is 0 Å². The Labute approximate surface area is 118 Å². The fourth-order valence-corrected chi connectivity index (χ4v) is 3.18. The van der Waals surface area contributed by atoms with Crippen molar-refractivity contribution < 1.29 is 0 Å². The Hall–Kier alpha value is -1.23. The van der Waals surface area contributed by atoms with Gasteiger partial charge in [0.05, 0.1) is 10.2 Å². The summed E-state index contributed by atoms with van der Waals surface area (Å²) in [5.41, 5.74) is 1.03. The molecule has 0 amide bonds. The summed E-state index contributed by atoms with van der Waals surface area (Å²) in [7, 11) is 0. The number of benzene rings is 2. The monoisotopic (exact) mass is 292 g/mol. The first-order valence-corrected chi connectivity index (χ1v) is 7.36. The predicted octanol–water partition coefficient (Wildman–Crippen LogP) is 5.07. The highest BCUT2D eigenvalue weighted by Crippen LogP contribution is 2.29. The molecule has 0 unspecified atom stereocenters. The summed E-state index contributed by atoms with van der Waals surface area (Å²) in [4.78, 5) is 5.62. The van der Waals surface area contributed by atoms with E-state index in [4.69, 9.17) is 11.6 Å². The molecule has 3 rings (SSSR count). The van der Waals surface area contributed by atoms with Gasteiger partial charge in [-0.3, -0.25) is 0 Å². The van der Waals surface area contributed by atoms with Crippen LogP contribution in [0.1, 0.15) is 0 Å². The lowest BCUT2D eigenvalue weighted by molar-refractivity contribution is 1.45. The summed E-state index contributed by atoms with van der Waals surface area (Å²) in [6.45, 7) is 0. The molecule has 18 heavy (non-hydrogen) atoms. The Morgan fingerprint density at radius 3 is 2.61 bits per heavy atom. The second-order valence-electron chi connectivity index (χ2n) is 3.64. The maximum atomic E-state index is 5.84. The van der Waals surface area contributed by atoms with Crippen LogP contribution < -0.4 is 4.72 Å². The van der Waals surface area contributed by atoms with Crippen molar-refractivity contribution in [2.24, 2.45) is 0 Å². The smallest absolute Gasteiger partial charge is 0.194 e. The molecule has 0 saturated carbocycles. The van der Waals surface area contributed by atoms with Gasteiger partial charge in [0.25, 0.3) is 0 Å². The van der Waals surface area contributed by atoms with E-state index in [1.807, 2.05) is 42.5 Å². The lowest BCUT2D eigenvalue weighted by Gasteiger charge is -2.00. The maximum Gasteiger partial charge on any atom is 0.194 e. The molecule has 2 nitrogen and oxygen atoms in total. The van der Waals surface area contributed by atoms with Crippen LogP contribution in [0.25, 0.3) is 10.2 Å². The van der Waals surface area contributed by atoms with Crippen molar-refractivity contribution in [1.82, 2.24) is 4.98 Å². The molecular formula is C13H9ClN2S2. The zero-order valence-corrected chi connectivity index (χ0v) is 11.6. The van der Waals surface area contributed by atoms with Gasteiger partial charge in [-0.05, 0) is 48.3 Å². The SMILES string of the molecule is Clc1ccc(SNc2nc3ccccc3s2)cc1. The van der Waals surface area contributed by atoms with Gasteiger partial charge in [-0.2, -0.15) is 0 Å². The van der Waals surface area contributed by atoms with Gasteiger partial charge in [-0.1, -0.05) is 35.1 Å². The van der Waals surface area contributed by atoms with Crippen LogP contribution in [0.15, 0.2) is 53.4 Å². The lowest BCUT2D eigenvalue weighted by atomic mass is 10.3. The van der Waals surface area contributed by atoms with Crippen molar-refractivity contribution in [3.63, 3.8) is 0 Å².